The lowest BCUT2D eigenvalue weighted by molar-refractivity contribution is -0.141. The van der Waals surface area contributed by atoms with Gasteiger partial charge in [0.15, 0.2) is 6.61 Å². The first-order chi connectivity index (χ1) is 16.4. The van der Waals surface area contributed by atoms with Gasteiger partial charge in [-0.15, -0.1) is 0 Å². The molecular weight excluding hydrogens is 432 g/mol. The minimum absolute atomic E-state index is 0.137. The molecule has 0 fully saturated rings. The minimum atomic E-state index is -0.640. The van der Waals surface area contributed by atoms with Gasteiger partial charge in [-0.2, -0.15) is 0 Å². The van der Waals surface area contributed by atoms with Crippen molar-refractivity contribution in [2.24, 2.45) is 0 Å². The van der Waals surface area contributed by atoms with Crippen LogP contribution in [0.4, 0.5) is 5.69 Å². The van der Waals surface area contributed by atoms with Crippen LogP contribution in [0.3, 0.4) is 0 Å². The first-order valence-electron chi connectivity index (χ1n) is 10.6. The molecule has 0 saturated carbocycles. The van der Waals surface area contributed by atoms with Gasteiger partial charge in [0.1, 0.15) is 5.75 Å². The number of anilines is 1. The molecule has 3 aromatic carbocycles. The van der Waals surface area contributed by atoms with Crippen LogP contribution in [0.1, 0.15) is 21.5 Å². The SMILES string of the molecule is COc1ccccc1/C=C(/C(=O)OCC(=O)Nc1ccc(C(=O)N(C)C)cc1)c1ccccc1. The van der Waals surface area contributed by atoms with Crippen molar-refractivity contribution in [1.29, 1.82) is 0 Å². The highest BCUT2D eigenvalue weighted by Gasteiger charge is 2.17. The zero-order chi connectivity index (χ0) is 24.5. The van der Waals surface area contributed by atoms with E-state index in [1.54, 1.807) is 69.7 Å². The minimum Gasteiger partial charge on any atom is -0.496 e. The number of nitrogens with zero attached hydrogens (tertiary/aromatic N) is 1. The Bertz CT molecular complexity index is 1190. The van der Waals surface area contributed by atoms with Gasteiger partial charge in [-0.05, 0) is 42.0 Å². The Kier molecular flexibility index (Phi) is 8.18. The molecule has 0 spiro atoms. The molecule has 0 radical (unpaired) electrons. The Morgan fingerprint density at radius 3 is 2.15 bits per heavy atom. The summed E-state index contributed by atoms with van der Waals surface area (Å²) < 4.78 is 10.7. The Balaban J connectivity index is 1.70. The van der Waals surface area contributed by atoms with Crippen molar-refractivity contribution >= 4 is 35.1 Å². The van der Waals surface area contributed by atoms with E-state index >= 15 is 0 Å². The van der Waals surface area contributed by atoms with E-state index in [1.165, 1.54) is 4.90 Å². The van der Waals surface area contributed by atoms with Crippen molar-refractivity contribution in [3.05, 3.63) is 95.6 Å². The van der Waals surface area contributed by atoms with Gasteiger partial charge in [-0.1, -0.05) is 48.5 Å². The Morgan fingerprint density at radius 1 is 0.853 bits per heavy atom. The lowest BCUT2D eigenvalue weighted by atomic mass is 10.0. The average molecular weight is 459 g/mol. The zero-order valence-electron chi connectivity index (χ0n) is 19.3. The first-order valence-corrected chi connectivity index (χ1v) is 10.6. The summed E-state index contributed by atoms with van der Waals surface area (Å²) in [5.41, 5.74) is 2.65. The normalized spacial score (nSPS) is 10.9. The van der Waals surface area contributed by atoms with Crippen LogP contribution in [-0.4, -0.2) is 50.5 Å². The summed E-state index contributed by atoms with van der Waals surface area (Å²) in [6.45, 7) is -0.465. The number of amides is 2. The van der Waals surface area contributed by atoms with Crippen molar-refractivity contribution in [3.8, 4) is 5.75 Å². The van der Waals surface area contributed by atoms with Gasteiger partial charge in [0.25, 0.3) is 11.8 Å². The van der Waals surface area contributed by atoms with E-state index in [9.17, 15) is 14.4 Å². The molecule has 7 heteroatoms. The summed E-state index contributed by atoms with van der Waals surface area (Å²) in [4.78, 5) is 38.7. The van der Waals surface area contributed by atoms with Crippen LogP contribution < -0.4 is 10.1 Å². The molecule has 0 aliphatic rings. The fourth-order valence-corrected chi connectivity index (χ4v) is 3.18. The molecule has 0 heterocycles. The molecule has 0 aliphatic carbocycles. The first kappa shape index (κ1) is 24.3. The maximum Gasteiger partial charge on any atom is 0.339 e. The summed E-state index contributed by atoms with van der Waals surface area (Å²) in [6.07, 6.45) is 1.68. The van der Waals surface area contributed by atoms with Gasteiger partial charge in [0.2, 0.25) is 0 Å². The van der Waals surface area contributed by atoms with Crippen LogP contribution >= 0.6 is 0 Å². The monoisotopic (exact) mass is 458 g/mol. The Hall–Kier alpha value is -4.39. The number of rotatable bonds is 8. The van der Waals surface area contributed by atoms with Crippen molar-refractivity contribution in [2.45, 2.75) is 0 Å². The third-order valence-electron chi connectivity index (χ3n) is 4.90. The fourth-order valence-electron chi connectivity index (χ4n) is 3.18. The molecule has 7 nitrogen and oxygen atoms in total. The predicted octanol–water partition coefficient (Wildman–Crippen LogP) is 4.12. The second-order valence-electron chi connectivity index (χ2n) is 7.57. The molecule has 0 bridgehead atoms. The molecular formula is C27H26N2O5. The van der Waals surface area contributed by atoms with E-state index in [1.807, 2.05) is 36.4 Å². The quantitative estimate of drug-likeness (QED) is 0.312. The average Bonchev–Trinajstić information content (AvgIpc) is 2.86. The van der Waals surface area contributed by atoms with Crippen molar-refractivity contribution in [1.82, 2.24) is 4.90 Å². The van der Waals surface area contributed by atoms with Gasteiger partial charge in [0, 0.05) is 30.9 Å². The van der Waals surface area contributed by atoms with Gasteiger partial charge in [-0.25, -0.2) is 4.79 Å². The largest absolute Gasteiger partial charge is 0.496 e. The number of methoxy groups -OCH3 is 1. The van der Waals surface area contributed by atoms with Gasteiger partial charge in [-0.3, -0.25) is 9.59 Å². The van der Waals surface area contributed by atoms with Crippen LogP contribution in [0.15, 0.2) is 78.9 Å². The van der Waals surface area contributed by atoms with Gasteiger partial charge in [0.05, 0.1) is 12.7 Å². The van der Waals surface area contributed by atoms with Crippen LogP contribution in [0.2, 0.25) is 0 Å². The summed E-state index contributed by atoms with van der Waals surface area (Å²) in [6, 6.07) is 22.8. The highest BCUT2D eigenvalue weighted by molar-refractivity contribution is 6.22. The topological polar surface area (TPSA) is 84.9 Å². The second kappa shape index (κ2) is 11.5. The molecule has 0 unspecified atom stereocenters. The van der Waals surface area contributed by atoms with E-state index in [2.05, 4.69) is 5.32 Å². The molecule has 174 valence electrons. The predicted molar refractivity (Wildman–Crippen MR) is 131 cm³/mol. The maximum atomic E-state index is 12.9. The number of benzene rings is 3. The lowest BCUT2D eigenvalue weighted by Gasteiger charge is -2.12. The van der Waals surface area contributed by atoms with Gasteiger partial charge < -0.3 is 19.7 Å². The summed E-state index contributed by atoms with van der Waals surface area (Å²) in [7, 11) is 4.89. The van der Waals surface area contributed by atoms with Gasteiger partial charge >= 0.3 is 5.97 Å². The van der Waals surface area contributed by atoms with E-state index in [4.69, 9.17) is 9.47 Å². The molecule has 0 aromatic heterocycles. The van der Waals surface area contributed by atoms with E-state index in [0.717, 1.165) is 0 Å². The maximum absolute atomic E-state index is 12.9. The fraction of sp³-hybridized carbons (Fsp3) is 0.148. The number of para-hydroxylation sites is 1. The highest BCUT2D eigenvalue weighted by Crippen LogP contribution is 2.25. The molecule has 3 rings (SSSR count). The van der Waals surface area contributed by atoms with Crippen molar-refractivity contribution in [2.75, 3.05) is 33.1 Å². The number of hydrogen-bond acceptors (Lipinski definition) is 5. The van der Waals surface area contributed by atoms with Crippen LogP contribution in [0, 0.1) is 0 Å². The number of nitrogens with one attached hydrogen (secondary N) is 1. The van der Waals surface area contributed by atoms with E-state index in [-0.39, 0.29) is 5.91 Å². The third-order valence-corrected chi connectivity index (χ3v) is 4.90. The number of carbonyl (C=O) groups is 3. The van der Waals surface area contributed by atoms with Crippen molar-refractivity contribution < 1.29 is 23.9 Å². The summed E-state index contributed by atoms with van der Waals surface area (Å²) in [5, 5.41) is 2.66. The molecule has 0 aliphatic heterocycles. The zero-order valence-corrected chi connectivity index (χ0v) is 19.3. The summed E-state index contributed by atoms with van der Waals surface area (Å²) in [5.74, 6) is -0.663. The second-order valence-corrected chi connectivity index (χ2v) is 7.57. The van der Waals surface area contributed by atoms with Crippen LogP contribution in [-0.2, 0) is 14.3 Å². The standard InChI is InChI=1S/C27H26N2O5/c1-29(2)26(31)20-13-15-22(16-14-20)28-25(30)18-34-27(32)23(19-9-5-4-6-10-19)17-21-11-7-8-12-24(21)33-3/h4-17H,18H2,1-3H3,(H,28,30)/b23-17+. The smallest absolute Gasteiger partial charge is 0.339 e. The molecule has 0 saturated heterocycles. The molecule has 34 heavy (non-hydrogen) atoms. The van der Waals surface area contributed by atoms with Crippen LogP contribution in [0.25, 0.3) is 11.6 Å². The molecule has 0 atom stereocenters. The van der Waals surface area contributed by atoms with Crippen molar-refractivity contribution in [3.63, 3.8) is 0 Å². The number of esters is 1. The number of ether oxygens (including phenoxy) is 2. The molecule has 2 amide bonds. The highest BCUT2D eigenvalue weighted by atomic mass is 16.5. The number of hydrogen-bond donors (Lipinski definition) is 1. The molecule has 3 aromatic rings. The van der Waals surface area contributed by atoms with E-state index < -0.39 is 18.5 Å². The third kappa shape index (κ3) is 6.32. The van der Waals surface area contributed by atoms with Crippen LogP contribution in [0.5, 0.6) is 5.75 Å². The molecule has 1 N–H and O–H groups in total. The Labute approximate surface area is 198 Å². The lowest BCUT2D eigenvalue weighted by Crippen LogP contribution is -2.22. The Morgan fingerprint density at radius 2 is 1.50 bits per heavy atom. The summed E-state index contributed by atoms with van der Waals surface area (Å²) >= 11 is 0. The van der Waals surface area contributed by atoms with E-state index in [0.29, 0.717) is 33.7 Å². The number of carbonyl (C=O) groups excluding carboxylic acids is 3.